The van der Waals surface area contributed by atoms with Crippen LogP contribution in [0.5, 0.6) is 0 Å². The molecule has 2 nitrogen and oxygen atoms in total. The maximum Gasteiger partial charge on any atom is 0.488 e. The highest BCUT2D eigenvalue weighted by Gasteiger charge is 2.18. The Morgan fingerprint density at radius 1 is 1.14 bits per heavy atom. The van der Waals surface area contributed by atoms with E-state index in [-0.39, 0.29) is 0 Å². The first-order chi connectivity index (χ1) is 6.77. The van der Waals surface area contributed by atoms with Gasteiger partial charge < -0.3 is 10.0 Å². The highest BCUT2D eigenvalue weighted by Crippen LogP contribution is 2.33. The Bertz CT molecular complexity index is 306. The summed E-state index contributed by atoms with van der Waals surface area (Å²) in [6.45, 7) is 0. The van der Waals surface area contributed by atoms with Gasteiger partial charge in [-0.3, -0.25) is 0 Å². The van der Waals surface area contributed by atoms with E-state index in [4.69, 9.17) is 10.0 Å². The van der Waals surface area contributed by atoms with E-state index in [9.17, 15) is 0 Å². The predicted octanol–water partition coefficient (Wildman–Crippen LogP) is 1.02. The van der Waals surface area contributed by atoms with Crippen molar-refractivity contribution in [2.24, 2.45) is 0 Å². The van der Waals surface area contributed by atoms with Crippen LogP contribution in [0.15, 0.2) is 24.3 Å². The zero-order chi connectivity index (χ0) is 9.97. The van der Waals surface area contributed by atoms with Gasteiger partial charge in [-0.1, -0.05) is 37.1 Å². The summed E-state index contributed by atoms with van der Waals surface area (Å²) in [4.78, 5) is 0. The number of hydrogen-bond acceptors (Lipinski definition) is 2. The van der Waals surface area contributed by atoms with Gasteiger partial charge in [0.2, 0.25) is 0 Å². The summed E-state index contributed by atoms with van der Waals surface area (Å²) in [6.07, 6.45) is 5.09. The van der Waals surface area contributed by atoms with Gasteiger partial charge in [-0.15, -0.1) is 0 Å². The predicted molar refractivity (Wildman–Crippen MR) is 57.5 cm³/mol. The van der Waals surface area contributed by atoms with Crippen LogP contribution >= 0.6 is 0 Å². The lowest BCUT2D eigenvalue weighted by Crippen LogP contribution is -2.30. The van der Waals surface area contributed by atoms with Gasteiger partial charge in [0, 0.05) is 0 Å². The third-order valence-electron chi connectivity index (χ3n) is 3.04. The quantitative estimate of drug-likeness (QED) is 0.683. The first-order valence-corrected chi connectivity index (χ1v) is 5.23. The van der Waals surface area contributed by atoms with E-state index in [2.05, 4.69) is 6.07 Å². The van der Waals surface area contributed by atoms with Crippen LogP contribution in [-0.4, -0.2) is 17.2 Å². The van der Waals surface area contributed by atoms with Crippen molar-refractivity contribution in [1.82, 2.24) is 0 Å². The van der Waals surface area contributed by atoms with Gasteiger partial charge in [0.1, 0.15) is 0 Å². The van der Waals surface area contributed by atoms with E-state index in [0.717, 1.165) is 0 Å². The fourth-order valence-corrected chi connectivity index (χ4v) is 2.23. The average Bonchev–Trinajstić information content (AvgIpc) is 2.71. The molecule has 0 atom stereocenters. The van der Waals surface area contributed by atoms with E-state index in [1.54, 1.807) is 6.07 Å². The van der Waals surface area contributed by atoms with Crippen LogP contribution in [0, 0.1) is 0 Å². The molecule has 2 N–H and O–H groups in total. The molecule has 3 heteroatoms. The molecule has 1 aromatic carbocycles. The minimum absolute atomic E-state index is 0.606. The topological polar surface area (TPSA) is 40.5 Å². The smallest absolute Gasteiger partial charge is 0.423 e. The molecule has 0 aromatic heterocycles. The summed E-state index contributed by atoms with van der Waals surface area (Å²) < 4.78 is 0. The summed E-state index contributed by atoms with van der Waals surface area (Å²) >= 11 is 0. The monoisotopic (exact) mass is 190 g/mol. The zero-order valence-electron chi connectivity index (χ0n) is 8.19. The van der Waals surface area contributed by atoms with Crippen LogP contribution in [-0.2, 0) is 0 Å². The fourth-order valence-electron chi connectivity index (χ4n) is 2.23. The Kier molecular flexibility index (Phi) is 2.89. The van der Waals surface area contributed by atoms with Gasteiger partial charge in [0.15, 0.2) is 0 Å². The Labute approximate surface area is 84.7 Å². The minimum atomic E-state index is -1.34. The molecule has 1 aliphatic carbocycles. The third-order valence-corrected chi connectivity index (χ3v) is 3.04. The molecule has 14 heavy (non-hydrogen) atoms. The van der Waals surface area contributed by atoms with Crippen molar-refractivity contribution in [1.29, 1.82) is 0 Å². The molecule has 0 saturated heterocycles. The molecule has 0 amide bonds. The van der Waals surface area contributed by atoms with Crippen molar-refractivity contribution in [3.63, 3.8) is 0 Å². The molecule has 0 heterocycles. The Hall–Kier alpha value is -0.795. The second-order valence-electron chi connectivity index (χ2n) is 4.03. The molecular weight excluding hydrogens is 175 g/mol. The molecule has 1 aromatic rings. The minimum Gasteiger partial charge on any atom is -0.423 e. The first-order valence-electron chi connectivity index (χ1n) is 5.23. The lowest BCUT2D eigenvalue weighted by Gasteiger charge is -2.10. The van der Waals surface area contributed by atoms with Crippen LogP contribution in [0.4, 0.5) is 0 Å². The molecule has 0 aliphatic heterocycles. The SMILES string of the molecule is OB(O)c1cccc(C2CCCC2)c1. The average molecular weight is 190 g/mol. The van der Waals surface area contributed by atoms with Crippen molar-refractivity contribution >= 4 is 12.6 Å². The van der Waals surface area contributed by atoms with Crippen molar-refractivity contribution in [3.8, 4) is 0 Å². The zero-order valence-corrected chi connectivity index (χ0v) is 8.19. The summed E-state index contributed by atoms with van der Waals surface area (Å²) in [5.74, 6) is 0.633. The van der Waals surface area contributed by atoms with Crippen LogP contribution < -0.4 is 5.46 Å². The number of benzene rings is 1. The normalized spacial score (nSPS) is 17.3. The molecule has 1 fully saturated rings. The maximum atomic E-state index is 9.05. The van der Waals surface area contributed by atoms with Gasteiger partial charge in [-0.2, -0.15) is 0 Å². The first kappa shape index (κ1) is 9.75. The van der Waals surface area contributed by atoms with E-state index < -0.39 is 7.12 Å². The molecule has 0 unspecified atom stereocenters. The highest BCUT2D eigenvalue weighted by atomic mass is 16.4. The molecule has 1 aliphatic rings. The second-order valence-corrected chi connectivity index (χ2v) is 4.03. The van der Waals surface area contributed by atoms with Gasteiger partial charge in [0.05, 0.1) is 0 Å². The second kappa shape index (κ2) is 4.15. The van der Waals surface area contributed by atoms with Crippen LogP contribution in [0.3, 0.4) is 0 Å². The summed E-state index contributed by atoms with van der Waals surface area (Å²) in [6, 6.07) is 7.66. The Balaban J connectivity index is 2.21. The summed E-state index contributed by atoms with van der Waals surface area (Å²) in [7, 11) is -1.34. The molecular formula is C11H15BO2. The standard InChI is InChI=1S/C11H15BO2/c13-12(14)11-7-3-6-10(8-11)9-4-1-2-5-9/h3,6-9,13-14H,1-2,4-5H2. The van der Waals surface area contributed by atoms with Gasteiger partial charge in [-0.25, -0.2) is 0 Å². The van der Waals surface area contributed by atoms with Crippen molar-refractivity contribution < 1.29 is 10.0 Å². The summed E-state index contributed by atoms with van der Waals surface area (Å²) in [5, 5.41) is 18.1. The lowest BCUT2D eigenvalue weighted by molar-refractivity contribution is 0.425. The number of hydrogen-bond donors (Lipinski definition) is 2. The Morgan fingerprint density at radius 2 is 1.86 bits per heavy atom. The molecule has 74 valence electrons. The maximum absolute atomic E-state index is 9.05. The fraction of sp³-hybridized carbons (Fsp3) is 0.455. The molecule has 0 spiro atoms. The van der Waals surface area contributed by atoms with E-state index >= 15 is 0 Å². The van der Waals surface area contributed by atoms with E-state index in [0.29, 0.717) is 11.4 Å². The van der Waals surface area contributed by atoms with Crippen molar-refractivity contribution in [3.05, 3.63) is 29.8 Å². The van der Waals surface area contributed by atoms with E-state index in [1.807, 2.05) is 12.1 Å². The van der Waals surface area contributed by atoms with Gasteiger partial charge in [-0.05, 0) is 29.8 Å². The Morgan fingerprint density at radius 3 is 2.50 bits per heavy atom. The van der Waals surface area contributed by atoms with Gasteiger partial charge in [0.25, 0.3) is 0 Å². The molecule has 0 radical (unpaired) electrons. The third kappa shape index (κ3) is 1.99. The number of rotatable bonds is 2. The van der Waals surface area contributed by atoms with E-state index in [1.165, 1.54) is 31.2 Å². The summed E-state index contributed by atoms with van der Waals surface area (Å²) in [5.41, 5.74) is 1.86. The molecule has 0 bridgehead atoms. The highest BCUT2D eigenvalue weighted by molar-refractivity contribution is 6.58. The largest absolute Gasteiger partial charge is 0.488 e. The lowest BCUT2D eigenvalue weighted by atomic mass is 9.78. The molecule has 1 saturated carbocycles. The van der Waals surface area contributed by atoms with Gasteiger partial charge >= 0.3 is 7.12 Å². The van der Waals surface area contributed by atoms with Crippen LogP contribution in [0.1, 0.15) is 37.2 Å². The van der Waals surface area contributed by atoms with Crippen LogP contribution in [0.25, 0.3) is 0 Å². The van der Waals surface area contributed by atoms with Crippen molar-refractivity contribution in [2.75, 3.05) is 0 Å². The van der Waals surface area contributed by atoms with Crippen LogP contribution in [0.2, 0.25) is 0 Å². The van der Waals surface area contributed by atoms with Crippen molar-refractivity contribution in [2.45, 2.75) is 31.6 Å². The molecule has 2 rings (SSSR count).